The quantitative estimate of drug-likeness (QED) is 0.786. The Morgan fingerprint density at radius 2 is 2.07 bits per heavy atom. The topological polar surface area (TPSA) is 64.8 Å². The summed E-state index contributed by atoms with van der Waals surface area (Å²) in [6.45, 7) is 4.24. The zero-order valence-corrected chi connectivity index (χ0v) is 11.3. The Morgan fingerprint density at radius 1 is 1.47 bits per heavy atom. The molecule has 0 fully saturated rings. The number of sulfone groups is 1. The summed E-state index contributed by atoms with van der Waals surface area (Å²) in [6.07, 6.45) is 1.21. The lowest BCUT2D eigenvalue weighted by Gasteiger charge is -2.10. The molecule has 1 rings (SSSR count). The molecule has 0 aromatic carbocycles. The molecule has 0 aliphatic carbocycles. The van der Waals surface area contributed by atoms with Crippen LogP contribution in [-0.4, -0.2) is 29.4 Å². The van der Waals surface area contributed by atoms with Crippen LogP contribution in [0.2, 0.25) is 0 Å². The van der Waals surface area contributed by atoms with Gasteiger partial charge in [0.15, 0.2) is 15.7 Å². The molecule has 0 spiro atoms. The Hall–Kier alpha value is -0.430. The van der Waals surface area contributed by atoms with Crippen LogP contribution in [0.5, 0.6) is 0 Å². The summed E-state index contributed by atoms with van der Waals surface area (Å²) in [5, 5.41) is 7.83. The van der Waals surface area contributed by atoms with Crippen LogP contribution in [0.3, 0.4) is 0 Å². The standard InChI is InChI=1S/C8H14BrN3O2S/c1-4-12-7(5-9)10-11-8(12)6(2)15(3,13)14/h6H,4-5H2,1-3H3. The van der Waals surface area contributed by atoms with E-state index >= 15 is 0 Å². The molecular formula is C8H14BrN3O2S. The highest BCUT2D eigenvalue weighted by Gasteiger charge is 2.24. The summed E-state index contributed by atoms with van der Waals surface area (Å²) >= 11 is 3.29. The molecule has 0 aliphatic rings. The lowest BCUT2D eigenvalue weighted by Crippen LogP contribution is -2.14. The van der Waals surface area contributed by atoms with Crippen LogP contribution < -0.4 is 0 Å². The molecule has 0 radical (unpaired) electrons. The molecule has 0 saturated heterocycles. The van der Waals surface area contributed by atoms with Crippen LogP contribution >= 0.6 is 15.9 Å². The van der Waals surface area contributed by atoms with E-state index in [1.165, 1.54) is 6.26 Å². The summed E-state index contributed by atoms with van der Waals surface area (Å²) in [5.74, 6) is 1.26. The van der Waals surface area contributed by atoms with E-state index in [2.05, 4.69) is 26.1 Å². The SMILES string of the molecule is CCn1c(CBr)nnc1C(C)S(C)(=O)=O. The maximum absolute atomic E-state index is 11.4. The van der Waals surface area contributed by atoms with Gasteiger partial charge in [0.05, 0.1) is 5.33 Å². The number of aromatic nitrogens is 3. The van der Waals surface area contributed by atoms with Crippen molar-refractivity contribution in [3.63, 3.8) is 0 Å². The fourth-order valence-corrected chi connectivity index (χ4v) is 2.26. The maximum Gasteiger partial charge on any atom is 0.157 e. The van der Waals surface area contributed by atoms with Gasteiger partial charge in [-0.1, -0.05) is 15.9 Å². The zero-order chi connectivity index (χ0) is 11.6. The largest absolute Gasteiger partial charge is 0.313 e. The van der Waals surface area contributed by atoms with Gasteiger partial charge in [-0.2, -0.15) is 0 Å². The van der Waals surface area contributed by atoms with Gasteiger partial charge in [-0.15, -0.1) is 10.2 Å². The van der Waals surface area contributed by atoms with Crippen molar-refractivity contribution in [3.05, 3.63) is 11.6 Å². The highest BCUT2D eigenvalue weighted by Crippen LogP contribution is 2.20. The molecule has 86 valence electrons. The van der Waals surface area contributed by atoms with Crippen LogP contribution in [-0.2, 0) is 21.7 Å². The molecule has 15 heavy (non-hydrogen) atoms. The third-order valence-electron chi connectivity index (χ3n) is 2.30. The third kappa shape index (κ3) is 2.57. The number of rotatable bonds is 4. The molecule has 0 saturated carbocycles. The Morgan fingerprint density at radius 3 is 2.47 bits per heavy atom. The van der Waals surface area contributed by atoms with Gasteiger partial charge < -0.3 is 4.57 Å². The Balaban J connectivity index is 3.21. The van der Waals surface area contributed by atoms with E-state index in [9.17, 15) is 8.42 Å². The van der Waals surface area contributed by atoms with E-state index in [-0.39, 0.29) is 0 Å². The average molecular weight is 296 g/mol. The van der Waals surface area contributed by atoms with Crippen molar-refractivity contribution < 1.29 is 8.42 Å². The van der Waals surface area contributed by atoms with E-state index in [1.807, 2.05) is 11.5 Å². The van der Waals surface area contributed by atoms with Crippen LogP contribution in [0.15, 0.2) is 0 Å². The van der Waals surface area contributed by atoms with Gasteiger partial charge in [0.1, 0.15) is 11.1 Å². The minimum absolute atomic E-state index is 0.509. The number of halogens is 1. The summed E-state index contributed by atoms with van der Waals surface area (Å²) < 4.78 is 24.6. The predicted molar refractivity (Wildman–Crippen MR) is 61.6 cm³/mol. The van der Waals surface area contributed by atoms with Crippen molar-refractivity contribution in [2.45, 2.75) is 31.0 Å². The second-order valence-electron chi connectivity index (χ2n) is 3.32. The van der Waals surface area contributed by atoms with E-state index in [0.717, 1.165) is 5.82 Å². The molecule has 1 aromatic heterocycles. The van der Waals surface area contributed by atoms with Crippen LogP contribution in [0.1, 0.15) is 30.7 Å². The van der Waals surface area contributed by atoms with E-state index in [1.54, 1.807) is 6.92 Å². The first-order chi connectivity index (χ1) is 6.91. The van der Waals surface area contributed by atoms with E-state index in [0.29, 0.717) is 17.7 Å². The van der Waals surface area contributed by atoms with Crippen molar-refractivity contribution in [2.75, 3.05) is 6.26 Å². The molecule has 1 unspecified atom stereocenters. The van der Waals surface area contributed by atoms with E-state index in [4.69, 9.17) is 0 Å². The molecule has 1 heterocycles. The Labute approximate surface area is 97.9 Å². The zero-order valence-electron chi connectivity index (χ0n) is 8.94. The summed E-state index contributed by atoms with van der Waals surface area (Å²) in [5.41, 5.74) is 0. The normalized spacial score (nSPS) is 14.1. The van der Waals surface area contributed by atoms with Crippen molar-refractivity contribution in [1.29, 1.82) is 0 Å². The molecular weight excluding hydrogens is 282 g/mol. The number of hydrogen-bond donors (Lipinski definition) is 0. The highest BCUT2D eigenvalue weighted by molar-refractivity contribution is 9.08. The van der Waals surface area contributed by atoms with Crippen molar-refractivity contribution in [3.8, 4) is 0 Å². The highest BCUT2D eigenvalue weighted by atomic mass is 79.9. The lowest BCUT2D eigenvalue weighted by molar-refractivity contribution is 0.581. The van der Waals surface area contributed by atoms with Crippen LogP contribution in [0.4, 0.5) is 0 Å². The second-order valence-corrected chi connectivity index (χ2v) is 6.25. The fraction of sp³-hybridized carbons (Fsp3) is 0.750. The van der Waals surface area contributed by atoms with Gasteiger partial charge in [-0.25, -0.2) is 8.42 Å². The number of nitrogens with zero attached hydrogens (tertiary/aromatic N) is 3. The van der Waals surface area contributed by atoms with Gasteiger partial charge in [0.2, 0.25) is 0 Å². The van der Waals surface area contributed by atoms with E-state index < -0.39 is 15.1 Å². The smallest absolute Gasteiger partial charge is 0.157 e. The maximum atomic E-state index is 11.4. The molecule has 1 atom stereocenters. The van der Waals surface area contributed by atoms with Crippen molar-refractivity contribution in [2.24, 2.45) is 0 Å². The average Bonchev–Trinajstić information content (AvgIpc) is 2.57. The third-order valence-corrected chi connectivity index (χ3v) is 4.29. The minimum atomic E-state index is -3.12. The molecule has 1 aromatic rings. The molecule has 0 amide bonds. The summed E-state index contributed by atoms with van der Waals surface area (Å²) in [7, 11) is -3.12. The Bertz CT molecular complexity index is 441. The monoisotopic (exact) mass is 295 g/mol. The molecule has 5 nitrogen and oxygen atoms in total. The van der Waals surface area contributed by atoms with Gasteiger partial charge in [0, 0.05) is 12.8 Å². The first-order valence-corrected chi connectivity index (χ1v) is 7.66. The number of alkyl halides is 1. The molecule has 0 N–H and O–H groups in total. The van der Waals surface area contributed by atoms with Gasteiger partial charge in [-0.05, 0) is 13.8 Å². The fourth-order valence-electron chi connectivity index (χ4n) is 1.28. The first-order valence-electron chi connectivity index (χ1n) is 4.58. The van der Waals surface area contributed by atoms with Crippen LogP contribution in [0.25, 0.3) is 0 Å². The first kappa shape index (κ1) is 12.6. The Kier molecular flexibility index (Phi) is 3.88. The molecule has 7 heteroatoms. The van der Waals surface area contributed by atoms with Gasteiger partial charge >= 0.3 is 0 Å². The second kappa shape index (κ2) is 4.61. The van der Waals surface area contributed by atoms with Crippen molar-refractivity contribution in [1.82, 2.24) is 14.8 Å². The molecule has 0 bridgehead atoms. The van der Waals surface area contributed by atoms with Gasteiger partial charge in [0.25, 0.3) is 0 Å². The summed E-state index contributed by atoms with van der Waals surface area (Å²) in [4.78, 5) is 0. The summed E-state index contributed by atoms with van der Waals surface area (Å²) in [6, 6.07) is 0. The minimum Gasteiger partial charge on any atom is -0.313 e. The van der Waals surface area contributed by atoms with Crippen molar-refractivity contribution >= 4 is 25.8 Å². The lowest BCUT2D eigenvalue weighted by atomic mass is 10.4. The molecule has 0 aliphatic heterocycles. The van der Waals surface area contributed by atoms with Gasteiger partial charge in [-0.3, -0.25) is 0 Å². The predicted octanol–water partition coefficient (Wildman–Crippen LogP) is 1.30. The number of hydrogen-bond acceptors (Lipinski definition) is 4. The van der Waals surface area contributed by atoms with Crippen LogP contribution in [0, 0.1) is 0 Å².